The zero-order valence-corrected chi connectivity index (χ0v) is 20.7. The van der Waals surface area contributed by atoms with Gasteiger partial charge in [-0.05, 0) is 68.4 Å². The highest BCUT2D eigenvalue weighted by atomic mass is 32.2. The Morgan fingerprint density at radius 2 is 1.71 bits per heavy atom. The molecule has 0 spiro atoms. The van der Waals surface area contributed by atoms with Crippen LogP contribution in [-0.2, 0) is 16.6 Å². The van der Waals surface area contributed by atoms with E-state index in [-0.39, 0.29) is 10.7 Å². The molecule has 182 valence electrons. The molecule has 0 amide bonds. The van der Waals surface area contributed by atoms with E-state index in [1.807, 2.05) is 6.07 Å². The smallest absolute Gasteiger partial charge is 0.343 e. The molecule has 1 aliphatic heterocycles. The summed E-state index contributed by atoms with van der Waals surface area (Å²) in [6, 6.07) is 18.8. The number of sulfonamides is 1. The summed E-state index contributed by atoms with van der Waals surface area (Å²) in [5.74, 6) is 0.910. The molecule has 0 aliphatic carbocycles. The van der Waals surface area contributed by atoms with Crippen molar-refractivity contribution >= 4 is 27.5 Å². The van der Waals surface area contributed by atoms with E-state index in [1.165, 1.54) is 4.90 Å². The van der Waals surface area contributed by atoms with Crippen molar-refractivity contribution in [2.24, 2.45) is 4.40 Å². The van der Waals surface area contributed by atoms with E-state index < -0.39 is 16.0 Å². The van der Waals surface area contributed by atoms with Crippen LogP contribution in [0.3, 0.4) is 0 Å². The number of methoxy groups -OCH3 is 1. The number of amidine groups is 1. The SMILES string of the molecule is CC[NH+](CC)Cc1cc(NC2=NS(=O)(=O)c3ccccc32)ccc1OC(=O)c1ccc(OC)cc1. The number of esters is 1. The van der Waals surface area contributed by atoms with E-state index in [9.17, 15) is 13.2 Å². The number of ether oxygens (including phenoxy) is 2. The molecule has 0 bridgehead atoms. The van der Waals surface area contributed by atoms with Crippen molar-refractivity contribution in [1.82, 2.24) is 0 Å². The van der Waals surface area contributed by atoms with Crippen LogP contribution < -0.4 is 19.7 Å². The van der Waals surface area contributed by atoms with Gasteiger partial charge >= 0.3 is 5.97 Å². The van der Waals surface area contributed by atoms with Crippen molar-refractivity contribution in [3.05, 3.63) is 83.4 Å². The number of quaternary nitrogens is 1. The molecule has 8 nitrogen and oxygen atoms in total. The Balaban J connectivity index is 1.62. The summed E-state index contributed by atoms with van der Waals surface area (Å²) in [5.41, 5.74) is 2.42. The van der Waals surface area contributed by atoms with Crippen molar-refractivity contribution in [2.45, 2.75) is 25.3 Å². The molecule has 9 heteroatoms. The lowest BCUT2D eigenvalue weighted by Crippen LogP contribution is -3.10. The number of nitrogens with zero attached hydrogens (tertiary/aromatic N) is 1. The molecule has 4 rings (SSSR count). The summed E-state index contributed by atoms with van der Waals surface area (Å²) in [6.07, 6.45) is 0. The van der Waals surface area contributed by atoms with Gasteiger partial charge in [0, 0.05) is 11.3 Å². The molecule has 2 N–H and O–H groups in total. The van der Waals surface area contributed by atoms with Crippen LogP contribution in [0.25, 0.3) is 0 Å². The minimum absolute atomic E-state index is 0.181. The quantitative estimate of drug-likeness (QED) is 0.369. The first-order valence-electron chi connectivity index (χ1n) is 11.4. The van der Waals surface area contributed by atoms with Gasteiger partial charge in [-0.2, -0.15) is 8.42 Å². The van der Waals surface area contributed by atoms with Crippen molar-refractivity contribution in [3.63, 3.8) is 0 Å². The predicted octanol–water partition coefficient (Wildman–Crippen LogP) is 2.90. The first-order chi connectivity index (χ1) is 16.8. The first kappa shape index (κ1) is 24.4. The Morgan fingerprint density at radius 3 is 2.40 bits per heavy atom. The fourth-order valence-electron chi connectivity index (χ4n) is 3.88. The Labute approximate surface area is 205 Å². The predicted molar refractivity (Wildman–Crippen MR) is 134 cm³/mol. The minimum Gasteiger partial charge on any atom is -0.497 e. The Bertz CT molecular complexity index is 1360. The zero-order valence-electron chi connectivity index (χ0n) is 19.9. The molecule has 0 atom stereocenters. The van der Waals surface area contributed by atoms with Crippen LogP contribution in [0.4, 0.5) is 5.69 Å². The summed E-state index contributed by atoms with van der Waals surface area (Å²) in [5, 5.41) is 3.13. The third kappa shape index (κ3) is 5.36. The summed E-state index contributed by atoms with van der Waals surface area (Å²) in [4.78, 5) is 14.3. The molecular weight excluding hydrogens is 466 g/mol. The van der Waals surface area contributed by atoms with Crippen LogP contribution in [0.1, 0.15) is 35.3 Å². The van der Waals surface area contributed by atoms with Crippen LogP contribution in [0, 0.1) is 0 Å². The molecule has 1 aliphatic rings. The summed E-state index contributed by atoms with van der Waals surface area (Å²) >= 11 is 0. The number of hydrogen-bond acceptors (Lipinski definition) is 6. The number of nitrogens with one attached hydrogen (secondary N) is 2. The van der Waals surface area contributed by atoms with Gasteiger partial charge in [0.25, 0.3) is 10.0 Å². The number of hydrogen-bond donors (Lipinski definition) is 2. The average molecular weight is 495 g/mol. The van der Waals surface area contributed by atoms with Crippen molar-refractivity contribution in [1.29, 1.82) is 0 Å². The molecule has 0 unspecified atom stereocenters. The van der Waals surface area contributed by atoms with Gasteiger partial charge in [0.1, 0.15) is 22.9 Å². The van der Waals surface area contributed by atoms with Crippen molar-refractivity contribution < 1.29 is 27.6 Å². The second-order valence-corrected chi connectivity index (χ2v) is 9.68. The third-order valence-electron chi connectivity index (χ3n) is 5.92. The van der Waals surface area contributed by atoms with Crippen molar-refractivity contribution in [3.8, 4) is 11.5 Å². The molecule has 0 radical (unpaired) electrons. The molecule has 3 aromatic carbocycles. The van der Waals surface area contributed by atoms with Gasteiger partial charge < -0.3 is 19.7 Å². The molecule has 0 fully saturated rings. The second-order valence-electron chi connectivity index (χ2n) is 8.11. The number of anilines is 1. The third-order valence-corrected chi connectivity index (χ3v) is 7.26. The van der Waals surface area contributed by atoms with E-state index in [1.54, 1.807) is 67.8 Å². The first-order valence-corrected chi connectivity index (χ1v) is 12.8. The molecular formula is C26H28N3O5S+. The number of benzene rings is 3. The average Bonchev–Trinajstić information content (AvgIpc) is 3.13. The summed E-state index contributed by atoms with van der Waals surface area (Å²) in [7, 11) is -2.16. The normalized spacial score (nSPS) is 13.8. The highest BCUT2D eigenvalue weighted by Crippen LogP contribution is 2.29. The van der Waals surface area contributed by atoms with Crippen molar-refractivity contribution in [2.75, 3.05) is 25.5 Å². The molecule has 3 aromatic rings. The number of carbonyl (C=O) groups excluding carboxylic acids is 1. The lowest BCUT2D eigenvalue weighted by Gasteiger charge is -2.18. The van der Waals surface area contributed by atoms with Crippen LogP contribution in [0.15, 0.2) is 76.0 Å². The minimum atomic E-state index is -3.73. The fourth-order valence-corrected chi connectivity index (χ4v) is 5.06. The van der Waals surface area contributed by atoms with Gasteiger partial charge in [-0.1, -0.05) is 12.1 Å². The fraction of sp³-hybridized carbons (Fsp3) is 0.231. The van der Waals surface area contributed by atoms with Gasteiger partial charge in [-0.3, -0.25) is 0 Å². The highest BCUT2D eigenvalue weighted by Gasteiger charge is 2.28. The number of carbonyl (C=O) groups is 1. The Hall–Kier alpha value is -3.69. The van der Waals surface area contributed by atoms with E-state index in [4.69, 9.17) is 9.47 Å². The largest absolute Gasteiger partial charge is 0.497 e. The monoisotopic (exact) mass is 494 g/mol. The molecule has 0 saturated carbocycles. The maximum atomic E-state index is 12.8. The lowest BCUT2D eigenvalue weighted by molar-refractivity contribution is -0.910. The van der Waals surface area contributed by atoms with E-state index in [0.29, 0.717) is 34.9 Å². The standard InChI is InChI=1S/C26H27N3O5S/c1-4-29(5-2)17-19-16-20(27-25-22-8-6-7-9-24(22)35(31,32)28-25)12-15-23(19)34-26(30)18-10-13-21(33-3)14-11-18/h6-16H,4-5,17H2,1-3H3,(H,27,28)/p+1. The van der Waals surface area contributed by atoms with Gasteiger partial charge in [-0.25, -0.2) is 4.79 Å². The molecule has 35 heavy (non-hydrogen) atoms. The topological polar surface area (TPSA) is 98.5 Å². The van der Waals surface area contributed by atoms with Crippen LogP contribution >= 0.6 is 0 Å². The van der Waals surface area contributed by atoms with E-state index in [0.717, 1.165) is 18.7 Å². The zero-order chi connectivity index (χ0) is 25.0. The summed E-state index contributed by atoms with van der Waals surface area (Å²) < 4.78 is 39.6. The Morgan fingerprint density at radius 1 is 1.00 bits per heavy atom. The molecule has 0 aromatic heterocycles. The van der Waals surface area contributed by atoms with Gasteiger partial charge in [0.15, 0.2) is 5.84 Å². The van der Waals surface area contributed by atoms with E-state index >= 15 is 0 Å². The number of rotatable bonds is 8. The second kappa shape index (κ2) is 10.3. The lowest BCUT2D eigenvalue weighted by atomic mass is 10.1. The maximum Gasteiger partial charge on any atom is 0.343 e. The maximum absolute atomic E-state index is 12.8. The Kier molecular flexibility index (Phi) is 7.18. The number of fused-ring (bicyclic) bond motifs is 1. The van der Waals surface area contributed by atoms with Gasteiger partial charge in [0.2, 0.25) is 0 Å². The molecule has 0 saturated heterocycles. The molecule has 1 heterocycles. The highest BCUT2D eigenvalue weighted by molar-refractivity contribution is 7.90. The van der Waals surface area contributed by atoms with Gasteiger partial charge in [-0.15, -0.1) is 4.40 Å². The van der Waals surface area contributed by atoms with E-state index in [2.05, 4.69) is 23.6 Å². The van der Waals surface area contributed by atoms with Gasteiger partial charge in [0.05, 0.1) is 31.3 Å². The van der Waals surface area contributed by atoms with Crippen LogP contribution in [0.5, 0.6) is 11.5 Å². The summed E-state index contributed by atoms with van der Waals surface area (Å²) in [6.45, 7) is 6.63. The van der Waals surface area contributed by atoms with Crippen LogP contribution in [0.2, 0.25) is 0 Å². The van der Waals surface area contributed by atoms with Crippen LogP contribution in [-0.4, -0.2) is 40.4 Å².